The number of thioether (sulfide) groups is 1. The average molecular weight is 399 g/mol. The highest BCUT2D eigenvalue weighted by atomic mass is 32.2. The minimum atomic E-state index is -2.66. The Bertz CT molecular complexity index is 1090. The summed E-state index contributed by atoms with van der Waals surface area (Å²) < 4.78 is 30.5. The predicted octanol–water partition coefficient (Wildman–Crippen LogP) is 5.56. The third kappa shape index (κ3) is 3.28. The molecule has 8 heteroatoms. The quantitative estimate of drug-likeness (QED) is 0.398. The van der Waals surface area contributed by atoms with Gasteiger partial charge in [-0.05, 0) is 26.0 Å². The highest BCUT2D eigenvalue weighted by Gasteiger charge is 2.24. The van der Waals surface area contributed by atoms with E-state index in [9.17, 15) is 8.78 Å². The fraction of sp³-hybridized carbons (Fsp3) is 0.250. The second-order valence-corrected chi connectivity index (χ2v) is 7.59. The zero-order chi connectivity index (χ0) is 19.7. The van der Waals surface area contributed by atoms with Crippen molar-refractivity contribution in [3.8, 4) is 11.4 Å². The molecular weight excluding hydrogens is 380 g/mol. The minimum Gasteiger partial charge on any atom is -0.302 e. The first kappa shape index (κ1) is 18.6. The van der Waals surface area contributed by atoms with Gasteiger partial charge in [0.15, 0.2) is 11.0 Å². The van der Waals surface area contributed by atoms with E-state index < -0.39 is 6.55 Å². The van der Waals surface area contributed by atoms with Crippen molar-refractivity contribution in [1.82, 2.24) is 24.3 Å². The lowest BCUT2D eigenvalue weighted by Crippen LogP contribution is -2.07. The Morgan fingerprint density at radius 3 is 2.43 bits per heavy atom. The van der Waals surface area contributed by atoms with Crippen molar-refractivity contribution in [2.75, 3.05) is 0 Å². The molecule has 4 rings (SSSR count). The summed E-state index contributed by atoms with van der Waals surface area (Å²) in [5, 5.41) is 8.99. The largest absolute Gasteiger partial charge is 0.320 e. The summed E-state index contributed by atoms with van der Waals surface area (Å²) in [5.74, 6) is 1.09. The molecule has 0 amide bonds. The van der Waals surface area contributed by atoms with E-state index in [-0.39, 0.29) is 5.25 Å². The molecule has 2 heterocycles. The molecule has 5 nitrogen and oxygen atoms in total. The molecule has 2 aromatic carbocycles. The molecule has 1 atom stereocenters. The number of fused-ring (bicyclic) bond motifs is 1. The second kappa shape index (κ2) is 7.71. The molecule has 0 unspecified atom stereocenters. The van der Waals surface area contributed by atoms with Gasteiger partial charge in [-0.1, -0.05) is 54.2 Å². The van der Waals surface area contributed by atoms with E-state index in [0.717, 1.165) is 16.0 Å². The molecule has 0 aliphatic heterocycles. The molecule has 0 saturated carbocycles. The van der Waals surface area contributed by atoms with Gasteiger partial charge >= 0.3 is 6.55 Å². The van der Waals surface area contributed by atoms with Crippen molar-refractivity contribution < 1.29 is 8.78 Å². The van der Waals surface area contributed by atoms with Crippen molar-refractivity contribution in [2.24, 2.45) is 0 Å². The number of para-hydroxylation sites is 2. The number of benzene rings is 2. The van der Waals surface area contributed by atoms with Crippen LogP contribution in [0.2, 0.25) is 0 Å². The first-order valence-electron chi connectivity index (χ1n) is 9.00. The second-order valence-electron chi connectivity index (χ2n) is 6.28. The van der Waals surface area contributed by atoms with Crippen LogP contribution in [0.5, 0.6) is 0 Å². The summed E-state index contributed by atoms with van der Waals surface area (Å²) in [6.07, 6.45) is 0. The lowest BCUT2D eigenvalue weighted by atomic mass is 10.2. The highest BCUT2D eigenvalue weighted by molar-refractivity contribution is 7.99. The average Bonchev–Trinajstić information content (AvgIpc) is 3.29. The number of rotatable bonds is 6. The Labute approximate surface area is 165 Å². The Morgan fingerprint density at radius 1 is 1.00 bits per heavy atom. The van der Waals surface area contributed by atoms with Crippen LogP contribution < -0.4 is 0 Å². The molecule has 0 aliphatic rings. The van der Waals surface area contributed by atoms with E-state index in [1.165, 1.54) is 11.8 Å². The van der Waals surface area contributed by atoms with E-state index in [0.29, 0.717) is 28.6 Å². The zero-order valence-corrected chi connectivity index (χ0v) is 16.3. The SMILES string of the molecule is CCn1c(S[C@H](C)c2nc3ccccc3n2C(F)F)nnc1-c1ccccc1. The van der Waals surface area contributed by atoms with E-state index in [4.69, 9.17) is 0 Å². The molecule has 144 valence electrons. The standard InChI is InChI=1S/C20H19F2N5S/c1-3-26-18(14-9-5-4-6-10-14)24-25-20(26)28-13(2)17-23-15-11-7-8-12-16(15)27(17)19(21)22/h4-13,19H,3H2,1-2H3/t13-/m1/s1. The van der Waals surface area contributed by atoms with Crippen molar-refractivity contribution in [3.63, 3.8) is 0 Å². The predicted molar refractivity (Wildman–Crippen MR) is 106 cm³/mol. The lowest BCUT2D eigenvalue weighted by molar-refractivity contribution is 0.0715. The normalized spacial score (nSPS) is 12.8. The van der Waals surface area contributed by atoms with Crippen LogP contribution in [-0.4, -0.2) is 24.3 Å². The van der Waals surface area contributed by atoms with Crippen molar-refractivity contribution >= 4 is 22.8 Å². The molecule has 4 aromatic rings. The van der Waals surface area contributed by atoms with E-state index in [2.05, 4.69) is 15.2 Å². The summed E-state index contributed by atoms with van der Waals surface area (Å²) in [6.45, 7) is 1.90. The highest BCUT2D eigenvalue weighted by Crippen LogP contribution is 2.37. The third-order valence-corrected chi connectivity index (χ3v) is 5.61. The molecule has 0 N–H and O–H groups in total. The first-order chi connectivity index (χ1) is 13.6. The van der Waals surface area contributed by atoms with E-state index in [1.54, 1.807) is 24.3 Å². The van der Waals surface area contributed by atoms with Crippen molar-refractivity contribution in [1.29, 1.82) is 0 Å². The first-order valence-corrected chi connectivity index (χ1v) is 9.88. The fourth-order valence-corrected chi connectivity index (χ4v) is 4.25. The number of halogens is 2. The van der Waals surface area contributed by atoms with Crippen molar-refractivity contribution in [3.05, 3.63) is 60.4 Å². The molecule has 0 fully saturated rings. The lowest BCUT2D eigenvalue weighted by Gasteiger charge is -2.14. The van der Waals surface area contributed by atoms with Crippen LogP contribution in [-0.2, 0) is 6.54 Å². The van der Waals surface area contributed by atoms with Gasteiger partial charge < -0.3 is 4.57 Å². The number of hydrogen-bond acceptors (Lipinski definition) is 4. The topological polar surface area (TPSA) is 48.5 Å². The summed E-state index contributed by atoms with van der Waals surface area (Å²) in [4.78, 5) is 4.46. The van der Waals surface area contributed by atoms with E-state index >= 15 is 0 Å². The molecule has 2 aromatic heterocycles. The van der Waals surface area contributed by atoms with Gasteiger partial charge in [0, 0.05) is 12.1 Å². The van der Waals surface area contributed by atoms with Gasteiger partial charge in [-0.3, -0.25) is 4.57 Å². The van der Waals surface area contributed by atoms with Gasteiger partial charge in [0.2, 0.25) is 0 Å². The number of alkyl halides is 2. The molecule has 0 bridgehead atoms. The molecule has 0 saturated heterocycles. The Kier molecular flexibility index (Phi) is 5.13. The smallest absolute Gasteiger partial charge is 0.302 e. The summed E-state index contributed by atoms with van der Waals surface area (Å²) in [7, 11) is 0. The number of hydrogen-bond donors (Lipinski definition) is 0. The number of nitrogens with zero attached hydrogens (tertiary/aromatic N) is 5. The Balaban J connectivity index is 1.70. The zero-order valence-electron chi connectivity index (χ0n) is 15.5. The Morgan fingerprint density at radius 2 is 1.71 bits per heavy atom. The van der Waals surface area contributed by atoms with Gasteiger partial charge in [-0.2, -0.15) is 8.78 Å². The molecule has 28 heavy (non-hydrogen) atoms. The van der Waals surface area contributed by atoms with Crippen LogP contribution in [0.25, 0.3) is 22.4 Å². The number of aromatic nitrogens is 5. The van der Waals surface area contributed by atoms with Crippen LogP contribution in [0.3, 0.4) is 0 Å². The monoisotopic (exact) mass is 399 g/mol. The van der Waals surface area contributed by atoms with Crippen LogP contribution in [0.15, 0.2) is 59.8 Å². The maximum atomic E-state index is 13.7. The van der Waals surface area contributed by atoms with Gasteiger partial charge in [-0.25, -0.2) is 4.98 Å². The molecule has 0 spiro atoms. The maximum Gasteiger partial charge on any atom is 0.320 e. The van der Waals surface area contributed by atoms with Gasteiger partial charge in [0.25, 0.3) is 0 Å². The number of imidazole rings is 1. The summed E-state index contributed by atoms with van der Waals surface area (Å²) in [6, 6.07) is 16.7. The summed E-state index contributed by atoms with van der Waals surface area (Å²) in [5.41, 5.74) is 1.96. The van der Waals surface area contributed by atoms with Crippen LogP contribution >= 0.6 is 11.8 Å². The van der Waals surface area contributed by atoms with Gasteiger partial charge in [0.1, 0.15) is 5.82 Å². The van der Waals surface area contributed by atoms with Crippen LogP contribution in [0.1, 0.15) is 31.5 Å². The van der Waals surface area contributed by atoms with Crippen molar-refractivity contribution in [2.45, 2.75) is 37.3 Å². The van der Waals surface area contributed by atoms with Gasteiger partial charge in [0.05, 0.1) is 16.3 Å². The van der Waals surface area contributed by atoms with Crippen LogP contribution in [0.4, 0.5) is 8.78 Å². The molecular formula is C20H19F2N5S. The third-order valence-electron chi connectivity index (χ3n) is 4.53. The minimum absolute atomic E-state index is 0.320. The Hall–Kier alpha value is -2.74. The van der Waals surface area contributed by atoms with Crippen LogP contribution in [0, 0.1) is 0 Å². The van der Waals surface area contributed by atoms with Gasteiger partial charge in [-0.15, -0.1) is 10.2 Å². The van der Waals surface area contributed by atoms with E-state index in [1.807, 2.05) is 48.7 Å². The molecule has 0 aliphatic carbocycles. The summed E-state index contributed by atoms with van der Waals surface area (Å²) >= 11 is 1.38. The molecule has 0 radical (unpaired) electrons. The maximum absolute atomic E-state index is 13.7. The fourth-order valence-electron chi connectivity index (χ4n) is 3.23.